The number of hydrogen-bond donors (Lipinski definition) is 1. The summed E-state index contributed by atoms with van der Waals surface area (Å²) in [6, 6.07) is 7.65. The van der Waals surface area contributed by atoms with E-state index in [1.165, 1.54) is 29.2 Å². The van der Waals surface area contributed by atoms with Gasteiger partial charge >= 0.3 is 0 Å². The number of nitriles is 1. The third-order valence-electron chi connectivity index (χ3n) is 3.34. The summed E-state index contributed by atoms with van der Waals surface area (Å²) in [7, 11) is 0. The highest BCUT2D eigenvalue weighted by Gasteiger charge is 2.19. The predicted octanol–water partition coefficient (Wildman–Crippen LogP) is 2.07. The van der Waals surface area contributed by atoms with Crippen LogP contribution < -0.4 is 5.32 Å². The monoisotopic (exact) mass is 353 g/mol. The number of benzene rings is 1. The van der Waals surface area contributed by atoms with E-state index in [-0.39, 0.29) is 11.5 Å². The fourth-order valence-corrected chi connectivity index (χ4v) is 2.47. The van der Waals surface area contributed by atoms with Crippen LogP contribution in [0.4, 0.5) is 0 Å². The van der Waals surface area contributed by atoms with Crippen LogP contribution in [0.1, 0.15) is 34.7 Å². The molecule has 0 spiro atoms. The molecule has 0 fully saturated rings. The van der Waals surface area contributed by atoms with Gasteiger partial charge in [0.2, 0.25) is 0 Å². The maximum atomic E-state index is 12.5. The lowest BCUT2D eigenvalue weighted by Gasteiger charge is -2.14. The molecule has 0 aliphatic rings. The average molecular weight is 354 g/mol. The van der Waals surface area contributed by atoms with Gasteiger partial charge in [-0.15, -0.1) is 0 Å². The second-order valence-corrected chi connectivity index (χ2v) is 5.55. The number of halogens is 1. The summed E-state index contributed by atoms with van der Waals surface area (Å²) in [6.07, 6.45) is 4.54. The van der Waals surface area contributed by atoms with Gasteiger partial charge < -0.3 is 5.32 Å². The first kappa shape index (κ1) is 16.5. The molecule has 3 rings (SSSR count). The number of hydrogen-bond acceptors (Lipinski definition) is 6. The summed E-state index contributed by atoms with van der Waals surface area (Å²) < 4.78 is 1.45. The zero-order valence-corrected chi connectivity index (χ0v) is 13.8. The van der Waals surface area contributed by atoms with Gasteiger partial charge in [-0.25, -0.2) is 15.0 Å². The van der Waals surface area contributed by atoms with Gasteiger partial charge in [0.05, 0.1) is 17.7 Å². The molecule has 25 heavy (non-hydrogen) atoms. The van der Waals surface area contributed by atoms with Crippen molar-refractivity contribution in [1.29, 1.82) is 5.26 Å². The Labute approximate surface area is 148 Å². The Balaban J connectivity index is 1.83. The lowest BCUT2D eigenvalue weighted by Crippen LogP contribution is -2.29. The largest absolute Gasteiger partial charge is 0.342 e. The van der Waals surface area contributed by atoms with Crippen molar-refractivity contribution in [2.45, 2.75) is 13.0 Å². The van der Waals surface area contributed by atoms with Crippen molar-refractivity contribution in [2.24, 2.45) is 0 Å². The van der Waals surface area contributed by atoms with Gasteiger partial charge in [0.1, 0.15) is 6.33 Å². The molecular weight excluding hydrogens is 342 g/mol. The Morgan fingerprint density at radius 2 is 2.04 bits per heavy atom. The van der Waals surface area contributed by atoms with Gasteiger partial charge in [-0.2, -0.15) is 15.0 Å². The van der Waals surface area contributed by atoms with Crippen molar-refractivity contribution in [3.8, 4) is 12.0 Å². The molecular formula is C16H12ClN7O. The molecule has 124 valence electrons. The summed E-state index contributed by atoms with van der Waals surface area (Å²) in [6.45, 7) is 1.76. The fourth-order valence-electron chi connectivity index (χ4n) is 2.23. The zero-order chi connectivity index (χ0) is 17.8. The summed E-state index contributed by atoms with van der Waals surface area (Å²) in [5.41, 5.74) is 0.601. The summed E-state index contributed by atoms with van der Waals surface area (Å²) >= 11 is 5.94. The zero-order valence-electron chi connectivity index (χ0n) is 13.1. The van der Waals surface area contributed by atoms with E-state index >= 15 is 0 Å². The Kier molecular flexibility index (Phi) is 4.68. The number of carbonyl (C=O) groups is 1. The van der Waals surface area contributed by atoms with Crippen LogP contribution in [-0.4, -0.2) is 30.6 Å². The average Bonchev–Trinajstić information content (AvgIpc) is 3.11. The number of nitrogens with one attached hydrogen (secondary N) is 1. The van der Waals surface area contributed by atoms with E-state index < -0.39 is 6.04 Å². The topological polar surface area (TPSA) is 109 Å². The smallest absolute Gasteiger partial charge is 0.252 e. The summed E-state index contributed by atoms with van der Waals surface area (Å²) in [5.74, 6) is 0.447. The molecule has 1 atom stereocenters. The van der Waals surface area contributed by atoms with Crippen molar-refractivity contribution >= 4 is 17.5 Å². The highest BCUT2D eigenvalue weighted by molar-refractivity contribution is 6.31. The normalized spacial score (nSPS) is 11.6. The molecule has 0 bridgehead atoms. The molecule has 0 aliphatic heterocycles. The quantitative estimate of drug-likeness (QED) is 0.768. The van der Waals surface area contributed by atoms with Crippen molar-refractivity contribution in [1.82, 2.24) is 30.0 Å². The van der Waals surface area contributed by atoms with Gasteiger partial charge in [-0.05, 0) is 31.2 Å². The molecule has 1 unspecified atom stereocenters. The third-order valence-corrected chi connectivity index (χ3v) is 3.56. The van der Waals surface area contributed by atoms with E-state index in [2.05, 4.69) is 25.4 Å². The highest BCUT2D eigenvalue weighted by atomic mass is 35.5. The molecule has 2 heterocycles. The molecule has 0 aliphatic carbocycles. The standard InChI is InChI=1S/C16H12ClN7O/c1-10(14-21-9-22-24(14)16-19-3-2-4-20-16)23-15(25)12-5-11(8-18)6-13(17)7-12/h2-7,9-10H,1H3,(H,23,25). The maximum Gasteiger partial charge on any atom is 0.252 e. The minimum absolute atomic E-state index is 0.290. The Morgan fingerprint density at radius 1 is 1.28 bits per heavy atom. The van der Waals surface area contributed by atoms with Crippen LogP contribution >= 0.6 is 11.6 Å². The van der Waals surface area contributed by atoms with Crippen molar-refractivity contribution in [3.63, 3.8) is 0 Å². The molecule has 0 saturated carbocycles. The van der Waals surface area contributed by atoms with Crippen LogP contribution in [0.15, 0.2) is 43.0 Å². The Bertz CT molecular complexity index is 949. The molecule has 1 N–H and O–H groups in total. The second kappa shape index (κ2) is 7.07. The summed E-state index contributed by atoms with van der Waals surface area (Å²) in [4.78, 5) is 24.9. The Morgan fingerprint density at radius 3 is 2.76 bits per heavy atom. The van der Waals surface area contributed by atoms with E-state index in [4.69, 9.17) is 16.9 Å². The summed E-state index contributed by atoms with van der Waals surface area (Å²) in [5, 5.41) is 16.2. The highest BCUT2D eigenvalue weighted by Crippen LogP contribution is 2.17. The van der Waals surface area contributed by atoms with Gasteiger partial charge in [-0.1, -0.05) is 11.6 Å². The molecule has 1 amide bonds. The van der Waals surface area contributed by atoms with E-state index in [9.17, 15) is 4.79 Å². The third kappa shape index (κ3) is 3.62. The van der Waals surface area contributed by atoms with E-state index in [0.717, 1.165) is 0 Å². The van der Waals surface area contributed by atoms with Crippen LogP contribution in [0.25, 0.3) is 5.95 Å². The van der Waals surface area contributed by atoms with Crippen LogP contribution in [-0.2, 0) is 0 Å². The van der Waals surface area contributed by atoms with E-state index in [1.807, 2.05) is 6.07 Å². The molecule has 3 aromatic rings. The minimum Gasteiger partial charge on any atom is -0.342 e. The van der Waals surface area contributed by atoms with Gasteiger partial charge in [-0.3, -0.25) is 4.79 Å². The van der Waals surface area contributed by atoms with Crippen molar-refractivity contribution < 1.29 is 4.79 Å². The molecule has 1 aromatic carbocycles. The van der Waals surface area contributed by atoms with Crippen LogP contribution in [0, 0.1) is 11.3 Å². The Hall–Kier alpha value is -3.31. The molecule has 9 heteroatoms. The first-order valence-corrected chi connectivity index (χ1v) is 7.65. The SMILES string of the molecule is CC(NC(=O)c1cc(Cl)cc(C#N)c1)c1ncnn1-c1ncccn1. The van der Waals surface area contributed by atoms with Crippen LogP contribution in [0.3, 0.4) is 0 Å². The van der Waals surface area contributed by atoms with Crippen LogP contribution in [0.5, 0.6) is 0 Å². The molecule has 0 radical (unpaired) electrons. The number of rotatable bonds is 4. The predicted molar refractivity (Wildman–Crippen MR) is 89.0 cm³/mol. The number of aromatic nitrogens is 5. The first-order chi connectivity index (χ1) is 12.1. The lowest BCUT2D eigenvalue weighted by atomic mass is 10.1. The number of nitrogens with zero attached hydrogens (tertiary/aromatic N) is 6. The van der Waals surface area contributed by atoms with Gasteiger partial charge in [0, 0.05) is 23.0 Å². The molecule has 0 saturated heterocycles. The number of amides is 1. The number of carbonyl (C=O) groups excluding carboxylic acids is 1. The van der Waals surface area contributed by atoms with Crippen molar-refractivity contribution in [2.75, 3.05) is 0 Å². The fraction of sp³-hybridized carbons (Fsp3) is 0.125. The van der Waals surface area contributed by atoms with Gasteiger partial charge in [0.25, 0.3) is 11.9 Å². The van der Waals surface area contributed by atoms with Gasteiger partial charge in [0.15, 0.2) is 5.82 Å². The lowest BCUT2D eigenvalue weighted by molar-refractivity contribution is 0.0938. The molecule has 8 nitrogen and oxygen atoms in total. The van der Waals surface area contributed by atoms with Crippen molar-refractivity contribution in [3.05, 3.63) is 65.0 Å². The second-order valence-electron chi connectivity index (χ2n) is 5.11. The maximum absolute atomic E-state index is 12.5. The van der Waals surface area contributed by atoms with Crippen LogP contribution in [0.2, 0.25) is 5.02 Å². The van der Waals surface area contributed by atoms with E-state index in [0.29, 0.717) is 22.4 Å². The first-order valence-electron chi connectivity index (χ1n) is 7.27. The van der Waals surface area contributed by atoms with E-state index in [1.54, 1.807) is 25.4 Å². The minimum atomic E-state index is -0.469. The molecule has 2 aromatic heterocycles.